The number of benzene rings is 1. The molecular weight excluding hydrogens is 242 g/mol. The lowest BCUT2D eigenvalue weighted by molar-refractivity contribution is -0.121. The summed E-state index contributed by atoms with van der Waals surface area (Å²) in [7, 11) is 0. The molecular formula is C14H21N3O2. The minimum atomic E-state index is -0.889. The van der Waals surface area contributed by atoms with Crippen molar-refractivity contribution in [1.29, 1.82) is 0 Å². The highest BCUT2D eigenvalue weighted by molar-refractivity contribution is 5.98. The molecule has 104 valence electrons. The molecule has 0 saturated heterocycles. The minimum Gasteiger partial charge on any atom is -0.369 e. The van der Waals surface area contributed by atoms with Gasteiger partial charge in [0.1, 0.15) is 0 Å². The Hall–Kier alpha value is -1.88. The zero-order valence-corrected chi connectivity index (χ0v) is 11.4. The summed E-state index contributed by atoms with van der Waals surface area (Å²) in [4.78, 5) is 23.2. The molecule has 0 aliphatic carbocycles. The lowest BCUT2D eigenvalue weighted by Gasteiger charge is -2.25. The van der Waals surface area contributed by atoms with Crippen molar-refractivity contribution < 1.29 is 9.59 Å². The minimum absolute atomic E-state index is 0.0896. The molecule has 0 atom stereocenters. The maximum atomic E-state index is 12.2. The number of rotatable bonds is 6. The van der Waals surface area contributed by atoms with Crippen LogP contribution in [0.4, 0.5) is 5.69 Å². The van der Waals surface area contributed by atoms with Gasteiger partial charge in [-0.05, 0) is 24.5 Å². The van der Waals surface area contributed by atoms with Crippen molar-refractivity contribution >= 4 is 17.5 Å². The molecule has 0 heterocycles. The number of carbonyl (C=O) groups is 2. The van der Waals surface area contributed by atoms with Gasteiger partial charge in [-0.2, -0.15) is 0 Å². The molecule has 0 bridgehead atoms. The number of para-hydroxylation sites is 1. The molecule has 0 aromatic heterocycles. The van der Waals surface area contributed by atoms with Gasteiger partial charge in [0.05, 0.1) is 12.0 Å². The summed E-state index contributed by atoms with van der Waals surface area (Å²) in [5.74, 6) is -0.680. The molecule has 0 aliphatic heterocycles. The number of anilines is 1. The van der Waals surface area contributed by atoms with Crippen LogP contribution in [0.3, 0.4) is 0 Å². The first-order chi connectivity index (χ1) is 8.92. The maximum absolute atomic E-state index is 12.2. The topological polar surface area (TPSA) is 98.2 Å². The normalized spacial score (nSPS) is 11.1. The van der Waals surface area contributed by atoms with E-state index >= 15 is 0 Å². The van der Waals surface area contributed by atoms with E-state index in [2.05, 4.69) is 5.32 Å². The molecule has 0 aliphatic rings. The Kier molecular flexibility index (Phi) is 5.06. The van der Waals surface area contributed by atoms with Crippen LogP contribution in [-0.2, 0) is 16.0 Å². The summed E-state index contributed by atoms with van der Waals surface area (Å²) >= 11 is 0. The standard InChI is InChI=1S/C14H21N3O2/c1-3-14(16,4-2)13(19)17-11-8-6-5-7-10(11)9-12(15)18/h5-8H,3-4,9,16H2,1-2H3,(H2,15,18)(H,17,19). The van der Waals surface area contributed by atoms with Crippen molar-refractivity contribution in [2.24, 2.45) is 11.5 Å². The van der Waals surface area contributed by atoms with Gasteiger partial charge in [0.15, 0.2) is 0 Å². The quantitative estimate of drug-likeness (QED) is 0.718. The van der Waals surface area contributed by atoms with Crippen molar-refractivity contribution in [3.05, 3.63) is 29.8 Å². The molecule has 0 saturated carbocycles. The molecule has 1 aromatic rings. The van der Waals surface area contributed by atoms with Crippen LogP contribution in [0.25, 0.3) is 0 Å². The molecule has 5 heteroatoms. The molecule has 19 heavy (non-hydrogen) atoms. The lowest BCUT2D eigenvalue weighted by Crippen LogP contribution is -2.50. The molecule has 5 nitrogen and oxygen atoms in total. The SMILES string of the molecule is CCC(N)(CC)C(=O)Nc1ccccc1CC(N)=O. The fourth-order valence-corrected chi connectivity index (χ4v) is 1.80. The van der Waals surface area contributed by atoms with Gasteiger partial charge in [-0.1, -0.05) is 32.0 Å². The van der Waals surface area contributed by atoms with E-state index in [1.54, 1.807) is 24.3 Å². The molecule has 1 rings (SSSR count). The maximum Gasteiger partial charge on any atom is 0.244 e. The third kappa shape index (κ3) is 3.79. The summed E-state index contributed by atoms with van der Waals surface area (Å²) in [5.41, 5.74) is 11.6. The summed E-state index contributed by atoms with van der Waals surface area (Å²) < 4.78 is 0. The number of primary amides is 1. The summed E-state index contributed by atoms with van der Waals surface area (Å²) in [6.45, 7) is 3.75. The summed E-state index contributed by atoms with van der Waals surface area (Å²) in [6.07, 6.45) is 1.19. The summed E-state index contributed by atoms with van der Waals surface area (Å²) in [5, 5.41) is 2.79. The molecule has 0 radical (unpaired) electrons. The van der Waals surface area contributed by atoms with Crippen molar-refractivity contribution in [3.63, 3.8) is 0 Å². The molecule has 0 fully saturated rings. The fourth-order valence-electron chi connectivity index (χ4n) is 1.80. The van der Waals surface area contributed by atoms with Gasteiger partial charge >= 0.3 is 0 Å². The highest BCUT2D eigenvalue weighted by atomic mass is 16.2. The van der Waals surface area contributed by atoms with E-state index < -0.39 is 11.4 Å². The summed E-state index contributed by atoms with van der Waals surface area (Å²) in [6, 6.07) is 7.08. The van der Waals surface area contributed by atoms with Gasteiger partial charge in [-0.15, -0.1) is 0 Å². The number of nitrogens with two attached hydrogens (primary N) is 2. The monoisotopic (exact) mass is 263 g/mol. The molecule has 5 N–H and O–H groups in total. The van der Waals surface area contributed by atoms with Crippen LogP contribution in [0, 0.1) is 0 Å². The van der Waals surface area contributed by atoms with Gasteiger partial charge in [-0.3, -0.25) is 9.59 Å². The Bertz CT molecular complexity index is 468. The second-order valence-corrected chi connectivity index (χ2v) is 4.62. The van der Waals surface area contributed by atoms with Crippen LogP contribution in [0.1, 0.15) is 32.3 Å². The van der Waals surface area contributed by atoms with Gasteiger partial charge in [0, 0.05) is 5.69 Å². The van der Waals surface area contributed by atoms with E-state index in [4.69, 9.17) is 11.5 Å². The van der Waals surface area contributed by atoms with Gasteiger partial charge in [0.2, 0.25) is 11.8 Å². The fraction of sp³-hybridized carbons (Fsp3) is 0.429. The third-order valence-electron chi connectivity index (χ3n) is 3.34. The Labute approximate surface area is 113 Å². The molecule has 2 amide bonds. The van der Waals surface area contributed by atoms with Crippen LogP contribution in [0.2, 0.25) is 0 Å². The van der Waals surface area contributed by atoms with Gasteiger partial charge < -0.3 is 16.8 Å². The van der Waals surface area contributed by atoms with Gasteiger partial charge in [0.25, 0.3) is 0 Å². The first-order valence-corrected chi connectivity index (χ1v) is 6.39. The van der Waals surface area contributed by atoms with E-state index in [1.807, 2.05) is 13.8 Å². The average molecular weight is 263 g/mol. The van der Waals surface area contributed by atoms with Crippen molar-refractivity contribution in [2.75, 3.05) is 5.32 Å². The van der Waals surface area contributed by atoms with E-state index in [9.17, 15) is 9.59 Å². The zero-order chi connectivity index (χ0) is 14.5. The first-order valence-electron chi connectivity index (χ1n) is 6.39. The van der Waals surface area contributed by atoms with Crippen LogP contribution >= 0.6 is 0 Å². The largest absolute Gasteiger partial charge is 0.369 e. The Balaban J connectivity index is 2.93. The average Bonchev–Trinajstić information content (AvgIpc) is 2.39. The lowest BCUT2D eigenvalue weighted by atomic mass is 9.93. The first kappa shape index (κ1) is 15.2. The van der Waals surface area contributed by atoms with Crippen molar-refractivity contribution in [2.45, 2.75) is 38.6 Å². The Morgan fingerprint density at radius 1 is 1.21 bits per heavy atom. The second-order valence-electron chi connectivity index (χ2n) is 4.62. The smallest absolute Gasteiger partial charge is 0.244 e. The third-order valence-corrected chi connectivity index (χ3v) is 3.34. The van der Waals surface area contributed by atoms with Gasteiger partial charge in [-0.25, -0.2) is 0 Å². The van der Waals surface area contributed by atoms with Crippen LogP contribution in [0.15, 0.2) is 24.3 Å². The predicted molar refractivity (Wildman–Crippen MR) is 75.5 cm³/mol. The van der Waals surface area contributed by atoms with E-state index in [-0.39, 0.29) is 12.3 Å². The van der Waals surface area contributed by atoms with Crippen LogP contribution in [0.5, 0.6) is 0 Å². The van der Waals surface area contributed by atoms with Crippen LogP contribution in [-0.4, -0.2) is 17.4 Å². The Morgan fingerprint density at radius 3 is 2.32 bits per heavy atom. The number of hydrogen-bond donors (Lipinski definition) is 3. The molecule has 0 spiro atoms. The predicted octanol–water partition coefficient (Wildman–Crippen LogP) is 1.17. The van der Waals surface area contributed by atoms with Crippen LogP contribution < -0.4 is 16.8 Å². The Morgan fingerprint density at radius 2 is 1.79 bits per heavy atom. The molecule has 0 unspecified atom stereocenters. The highest BCUT2D eigenvalue weighted by Gasteiger charge is 2.30. The van der Waals surface area contributed by atoms with E-state index in [1.165, 1.54) is 0 Å². The zero-order valence-electron chi connectivity index (χ0n) is 11.4. The van der Waals surface area contributed by atoms with Crippen molar-refractivity contribution in [3.8, 4) is 0 Å². The number of amides is 2. The van der Waals surface area contributed by atoms with Crippen molar-refractivity contribution in [1.82, 2.24) is 0 Å². The number of nitrogens with one attached hydrogen (secondary N) is 1. The highest BCUT2D eigenvalue weighted by Crippen LogP contribution is 2.19. The molecule has 1 aromatic carbocycles. The number of carbonyl (C=O) groups excluding carboxylic acids is 2. The number of hydrogen-bond acceptors (Lipinski definition) is 3. The second kappa shape index (κ2) is 6.33. The van der Waals surface area contributed by atoms with E-state index in [0.717, 1.165) is 0 Å². The van der Waals surface area contributed by atoms with E-state index in [0.29, 0.717) is 24.1 Å².